The number of benzene rings is 1. The second-order valence-corrected chi connectivity index (χ2v) is 6.72. The van der Waals surface area contributed by atoms with Crippen LogP contribution in [-0.4, -0.2) is 59.3 Å². The van der Waals surface area contributed by atoms with Gasteiger partial charge in [0.25, 0.3) is 11.8 Å². The van der Waals surface area contributed by atoms with E-state index in [1.807, 2.05) is 30.3 Å². The Morgan fingerprint density at radius 2 is 1.67 bits per heavy atom. The quantitative estimate of drug-likeness (QED) is 0.812. The number of rotatable bonds is 7. The summed E-state index contributed by atoms with van der Waals surface area (Å²) in [5.74, 6) is -0.288. The molecule has 0 radical (unpaired) electrons. The third-order valence-electron chi connectivity index (χ3n) is 4.78. The first kappa shape index (κ1) is 19.0. The average Bonchev–Trinajstić information content (AvgIpc) is 3.26. The van der Waals surface area contributed by atoms with Crippen molar-refractivity contribution in [3.8, 4) is 0 Å². The van der Waals surface area contributed by atoms with Crippen LogP contribution in [0.5, 0.6) is 0 Å². The van der Waals surface area contributed by atoms with E-state index in [0.29, 0.717) is 31.0 Å². The lowest BCUT2D eigenvalue weighted by atomic mass is 10.1. The lowest BCUT2D eigenvalue weighted by Crippen LogP contribution is -2.37. The molecular weight excluding hydrogens is 340 g/mol. The van der Waals surface area contributed by atoms with E-state index in [2.05, 4.69) is 4.98 Å². The number of carbonyl (C=O) groups excluding carboxylic acids is 2. The Morgan fingerprint density at radius 3 is 2.37 bits per heavy atom. The molecule has 0 aliphatic carbocycles. The summed E-state index contributed by atoms with van der Waals surface area (Å²) in [6.45, 7) is 2.92. The minimum atomic E-state index is -0.188. The highest BCUT2D eigenvalue weighted by molar-refractivity contribution is 5.96. The fourth-order valence-electron chi connectivity index (χ4n) is 3.30. The van der Waals surface area contributed by atoms with E-state index in [0.717, 1.165) is 32.4 Å². The summed E-state index contributed by atoms with van der Waals surface area (Å²) in [7, 11) is 0. The smallest absolute Gasteiger partial charge is 0.272 e. The molecule has 1 aliphatic rings. The highest BCUT2D eigenvalue weighted by atomic mass is 16.2. The van der Waals surface area contributed by atoms with Crippen molar-refractivity contribution in [1.29, 1.82) is 0 Å². The Labute approximate surface area is 160 Å². The van der Waals surface area contributed by atoms with E-state index in [-0.39, 0.29) is 11.8 Å². The van der Waals surface area contributed by atoms with Gasteiger partial charge in [-0.1, -0.05) is 36.4 Å². The lowest BCUT2D eigenvalue weighted by Gasteiger charge is -2.22. The van der Waals surface area contributed by atoms with Gasteiger partial charge in [-0.15, -0.1) is 0 Å². The monoisotopic (exact) mass is 366 g/mol. The van der Waals surface area contributed by atoms with Gasteiger partial charge in [-0.2, -0.15) is 0 Å². The fraction of sp³-hybridized carbons (Fsp3) is 0.381. The van der Waals surface area contributed by atoms with Gasteiger partial charge in [-0.25, -0.2) is 4.98 Å². The number of likely N-dealkylation sites (tertiary alicyclic amines) is 1. The zero-order valence-corrected chi connectivity index (χ0v) is 15.5. The molecule has 3 rings (SSSR count). The second-order valence-electron chi connectivity index (χ2n) is 6.72. The highest BCUT2D eigenvalue weighted by Gasteiger charge is 2.23. The van der Waals surface area contributed by atoms with Crippen LogP contribution in [0.4, 0.5) is 0 Å². The number of hydrogen-bond donors (Lipinski definition) is 1. The predicted octanol–water partition coefficient (Wildman–Crippen LogP) is 1.96. The topological polar surface area (TPSA) is 79.5 Å². The first-order valence-electron chi connectivity index (χ1n) is 9.48. The number of amides is 2. The fourth-order valence-corrected chi connectivity index (χ4v) is 3.30. The van der Waals surface area contributed by atoms with Crippen molar-refractivity contribution < 1.29 is 9.59 Å². The molecular formula is C21H26N4O2. The van der Waals surface area contributed by atoms with Crippen LogP contribution in [0.15, 0.2) is 48.5 Å². The van der Waals surface area contributed by atoms with Crippen molar-refractivity contribution in [3.05, 3.63) is 65.5 Å². The minimum Gasteiger partial charge on any atom is -0.337 e. The molecule has 1 aromatic carbocycles. The number of pyridine rings is 1. The maximum atomic E-state index is 12.9. The van der Waals surface area contributed by atoms with Crippen LogP contribution in [0, 0.1) is 0 Å². The molecule has 0 bridgehead atoms. The van der Waals surface area contributed by atoms with Gasteiger partial charge in [0.05, 0.1) is 0 Å². The summed E-state index contributed by atoms with van der Waals surface area (Å²) in [4.78, 5) is 33.3. The van der Waals surface area contributed by atoms with Crippen molar-refractivity contribution in [3.63, 3.8) is 0 Å². The van der Waals surface area contributed by atoms with E-state index in [4.69, 9.17) is 5.73 Å². The van der Waals surface area contributed by atoms with E-state index in [1.54, 1.807) is 28.0 Å². The van der Waals surface area contributed by atoms with E-state index >= 15 is 0 Å². The Bertz CT molecular complexity index is 773. The van der Waals surface area contributed by atoms with Gasteiger partial charge in [0.2, 0.25) is 0 Å². The first-order chi connectivity index (χ1) is 13.2. The largest absolute Gasteiger partial charge is 0.337 e. The normalized spacial score (nSPS) is 13.6. The van der Waals surface area contributed by atoms with Crippen LogP contribution >= 0.6 is 0 Å². The van der Waals surface area contributed by atoms with Gasteiger partial charge in [-0.3, -0.25) is 9.59 Å². The molecule has 1 fully saturated rings. The van der Waals surface area contributed by atoms with E-state index in [1.165, 1.54) is 5.56 Å². The lowest BCUT2D eigenvalue weighted by molar-refractivity contribution is 0.0754. The van der Waals surface area contributed by atoms with Gasteiger partial charge in [-0.05, 0) is 37.0 Å². The summed E-state index contributed by atoms with van der Waals surface area (Å²) in [5, 5.41) is 0. The zero-order chi connectivity index (χ0) is 19.1. The van der Waals surface area contributed by atoms with Crippen LogP contribution in [0.25, 0.3) is 0 Å². The van der Waals surface area contributed by atoms with E-state index in [9.17, 15) is 9.59 Å². The highest BCUT2D eigenvalue weighted by Crippen LogP contribution is 2.13. The molecule has 2 heterocycles. The van der Waals surface area contributed by atoms with Gasteiger partial charge >= 0.3 is 0 Å². The Morgan fingerprint density at radius 1 is 0.963 bits per heavy atom. The molecule has 0 spiro atoms. The van der Waals surface area contributed by atoms with Gasteiger partial charge in [0, 0.05) is 32.7 Å². The first-order valence-corrected chi connectivity index (χ1v) is 9.48. The molecule has 2 N–H and O–H groups in total. The van der Waals surface area contributed by atoms with Crippen molar-refractivity contribution in [1.82, 2.24) is 14.8 Å². The molecule has 1 aliphatic heterocycles. The van der Waals surface area contributed by atoms with Crippen LogP contribution in [0.2, 0.25) is 0 Å². The maximum Gasteiger partial charge on any atom is 0.272 e. The molecule has 6 nitrogen and oxygen atoms in total. The van der Waals surface area contributed by atoms with Gasteiger partial charge in [0.1, 0.15) is 11.4 Å². The molecule has 0 atom stereocenters. The Hall–Kier alpha value is -2.73. The third kappa shape index (κ3) is 4.92. The summed E-state index contributed by atoms with van der Waals surface area (Å²) >= 11 is 0. The number of hydrogen-bond acceptors (Lipinski definition) is 4. The van der Waals surface area contributed by atoms with Crippen molar-refractivity contribution in [2.24, 2.45) is 5.73 Å². The number of aromatic nitrogens is 1. The van der Waals surface area contributed by atoms with Gasteiger partial charge < -0.3 is 15.5 Å². The SMILES string of the molecule is NCCN(CCc1ccccc1)C(=O)c1cccc(C(=O)N2CCCC2)n1. The van der Waals surface area contributed by atoms with Crippen LogP contribution < -0.4 is 5.73 Å². The molecule has 0 saturated carbocycles. The zero-order valence-electron chi connectivity index (χ0n) is 15.5. The molecule has 1 aromatic heterocycles. The van der Waals surface area contributed by atoms with Crippen LogP contribution in [-0.2, 0) is 6.42 Å². The number of nitrogens with zero attached hydrogens (tertiary/aromatic N) is 3. The van der Waals surface area contributed by atoms with Crippen molar-refractivity contribution in [2.75, 3.05) is 32.7 Å². The average molecular weight is 366 g/mol. The molecule has 142 valence electrons. The molecule has 27 heavy (non-hydrogen) atoms. The number of carbonyl (C=O) groups is 2. The predicted molar refractivity (Wildman–Crippen MR) is 104 cm³/mol. The molecule has 6 heteroatoms. The summed E-state index contributed by atoms with van der Waals surface area (Å²) in [5.41, 5.74) is 7.49. The Balaban J connectivity index is 1.71. The molecule has 0 unspecified atom stereocenters. The maximum absolute atomic E-state index is 12.9. The Kier molecular flexibility index (Phi) is 6.54. The second kappa shape index (κ2) is 9.28. The molecule has 2 aromatic rings. The van der Waals surface area contributed by atoms with Crippen molar-refractivity contribution >= 4 is 11.8 Å². The van der Waals surface area contributed by atoms with Crippen LogP contribution in [0.1, 0.15) is 39.4 Å². The summed E-state index contributed by atoms with van der Waals surface area (Å²) < 4.78 is 0. The van der Waals surface area contributed by atoms with Gasteiger partial charge in [0.15, 0.2) is 0 Å². The minimum absolute atomic E-state index is 0.100. The molecule has 2 amide bonds. The number of nitrogens with two attached hydrogens (primary N) is 1. The van der Waals surface area contributed by atoms with Crippen molar-refractivity contribution in [2.45, 2.75) is 19.3 Å². The molecule has 1 saturated heterocycles. The standard InChI is InChI=1S/C21H26N4O2/c22-12-16-25(15-11-17-7-2-1-3-8-17)21(27)19-10-6-9-18(23-19)20(26)24-13-4-5-14-24/h1-3,6-10H,4-5,11-16,22H2. The summed E-state index contributed by atoms with van der Waals surface area (Å²) in [6, 6.07) is 15.1. The van der Waals surface area contributed by atoms with E-state index < -0.39 is 0 Å². The summed E-state index contributed by atoms with van der Waals surface area (Å²) in [6.07, 6.45) is 2.79. The third-order valence-corrected chi connectivity index (χ3v) is 4.78. The van der Waals surface area contributed by atoms with Crippen LogP contribution in [0.3, 0.4) is 0 Å².